The molecule has 0 spiro atoms. The summed E-state index contributed by atoms with van der Waals surface area (Å²) in [4.78, 5) is 12.1. The summed E-state index contributed by atoms with van der Waals surface area (Å²) < 4.78 is 41.3. The van der Waals surface area contributed by atoms with Gasteiger partial charge < -0.3 is 19.1 Å². The Hall–Kier alpha value is -4.26. The van der Waals surface area contributed by atoms with Gasteiger partial charge in [-0.15, -0.1) is 5.92 Å². The van der Waals surface area contributed by atoms with E-state index in [-0.39, 0.29) is 17.9 Å². The molecular formula is C30H30N2O6S. The van der Waals surface area contributed by atoms with Crippen molar-refractivity contribution in [1.82, 2.24) is 9.29 Å². The summed E-state index contributed by atoms with van der Waals surface area (Å²) in [5.74, 6) is 5.42. The Morgan fingerprint density at radius 1 is 1.08 bits per heavy atom. The summed E-state index contributed by atoms with van der Waals surface area (Å²) in [6, 6.07) is 18.1. The molecule has 39 heavy (non-hydrogen) atoms. The van der Waals surface area contributed by atoms with Crippen LogP contribution in [0.25, 0.3) is 10.9 Å². The van der Waals surface area contributed by atoms with E-state index in [0.717, 1.165) is 33.3 Å². The molecule has 0 aliphatic heterocycles. The fraction of sp³-hybridized carbons (Fsp3) is 0.233. The third-order valence-electron chi connectivity index (χ3n) is 6.25. The monoisotopic (exact) mass is 546 g/mol. The fourth-order valence-electron chi connectivity index (χ4n) is 4.31. The summed E-state index contributed by atoms with van der Waals surface area (Å²) >= 11 is 0. The Balaban J connectivity index is 1.60. The van der Waals surface area contributed by atoms with Crippen LogP contribution in [-0.2, 0) is 27.8 Å². The molecule has 1 aromatic heterocycles. The number of carboxylic acid groups (broad SMARTS) is 1. The van der Waals surface area contributed by atoms with Crippen molar-refractivity contribution in [3.05, 3.63) is 89.6 Å². The van der Waals surface area contributed by atoms with Gasteiger partial charge >= 0.3 is 5.97 Å². The van der Waals surface area contributed by atoms with E-state index in [1.807, 2.05) is 60.2 Å². The van der Waals surface area contributed by atoms with Crippen LogP contribution in [0.3, 0.4) is 0 Å². The molecule has 0 aliphatic rings. The summed E-state index contributed by atoms with van der Waals surface area (Å²) in [6.07, 6.45) is 1.86. The highest BCUT2D eigenvalue weighted by molar-refractivity contribution is 7.89. The Bertz CT molecular complexity index is 1650. The molecule has 3 aromatic carbocycles. The Morgan fingerprint density at radius 2 is 1.85 bits per heavy atom. The number of benzene rings is 3. The highest BCUT2D eigenvalue weighted by Gasteiger charge is 2.27. The van der Waals surface area contributed by atoms with Gasteiger partial charge in [0.2, 0.25) is 10.0 Å². The normalized spacial score (nSPS) is 12.0. The number of methoxy groups -OCH3 is 1. The fourth-order valence-corrected chi connectivity index (χ4v) is 5.50. The number of rotatable bonds is 11. The van der Waals surface area contributed by atoms with Gasteiger partial charge in [0.1, 0.15) is 24.1 Å². The number of ether oxygens (including phenoxy) is 2. The van der Waals surface area contributed by atoms with Gasteiger partial charge in [-0.3, -0.25) is 4.79 Å². The van der Waals surface area contributed by atoms with Crippen molar-refractivity contribution in [2.24, 2.45) is 0 Å². The number of nitrogens with zero attached hydrogens (tertiary/aromatic N) is 1. The number of hydrogen-bond donors (Lipinski definition) is 2. The lowest BCUT2D eigenvalue weighted by molar-refractivity contribution is -0.138. The van der Waals surface area contributed by atoms with E-state index in [2.05, 4.69) is 16.6 Å². The second-order valence-corrected chi connectivity index (χ2v) is 10.8. The second-order valence-electron chi connectivity index (χ2n) is 9.06. The molecule has 0 saturated carbocycles. The average molecular weight is 547 g/mol. The van der Waals surface area contributed by atoms with Crippen LogP contribution in [0.4, 0.5) is 0 Å². The third-order valence-corrected chi connectivity index (χ3v) is 7.74. The first-order valence-electron chi connectivity index (χ1n) is 12.3. The SMILES string of the molecule is CC#CCOc1ccc(S(=O)(=O)NC(Cc2cn(Cc3cccc(OC)c3)c3ccc(C)cc23)C(=O)O)cc1. The summed E-state index contributed by atoms with van der Waals surface area (Å²) in [5, 5.41) is 10.8. The van der Waals surface area contributed by atoms with Crippen LogP contribution in [0.5, 0.6) is 11.5 Å². The second kappa shape index (κ2) is 12.1. The van der Waals surface area contributed by atoms with Crippen molar-refractivity contribution in [1.29, 1.82) is 0 Å². The van der Waals surface area contributed by atoms with Gasteiger partial charge in [0.05, 0.1) is 12.0 Å². The molecule has 0 saturated heterocycles. The van der Waals surface area contributed by atoms with Crippen LogP contribution in [-0.4, -0.2) is 43.8 Å². The molecule has 202 valence electrons. The zero-order valence-electron chi connectivity index (χ0n) is 22.0. The highest BCUT2D eigenvalue weighted by Crippen LogP contribution is 2.26. The van der Waals surface area contributed by atoms with Crippen molar-refractivity contribution in [3.63, 3.8) is 0 Å². The van der Waals surface area contributed by atoms with E-state index in [9.17, 15) is 18.3 Å². The standard InChI is InChI=1S/C30H30N2O6S/c1-4-5-15-38-24-10-12-26(13-11-24)39(35,36)31-28(30(33)34)18-23-20-32(29-14-9-21(2)16-27(23)29)19-22-7-6-8-25(17-22)37-3/h6-14,16-17,20,28,31H,15,18-19H2,1-3H3,(H,33,34). The van der Waals surface area contributed by atoms with Crippen molar-refractivity contribution in [2.45, 2.75) is 37.8 Å². The molecule has 4 aromatic rings. The van der Waals surface area contributed by atoms with Gasteiger partial charge in [-0.05, 0) is 73.5 Å². The Kier molecular flexibility index (Phi) is 8.59. The van der Waals surface area contributed by atoms with Crippen molar-refractivity contribution in [2.75, 3.05) is 13.7 Å². The van der Waals surface area contributed by atoms with Gasteiger partial charge in [-0.2, -0.15) is 4.72 Å². The van der Waals surface area contributed by atoms with Crippen LogP contribution in [0, 0.1) is 18.8 Å². The minimum atomic E-state index is -4.11. The number of carboxylic acids is 1. The Labute approximate surface area is 228 Å². The van der Waals surface area contributed by atoms with Crippen molar-refractivity contribution >= 4 is 26.9 Å². The molecule has 9 heteroatoms. The zero-order chi connectivity index (χ0) is 28.0. The first kappa shape index (κ1) is 27.8. The van der Waals surface area contributed by atoms with E-state index in [1.54, 1.807) is 14.0 Å². The van der Waals surface area contributed by atoms with Gasteiger partial charge in [0, 0.05) is 30.1 Å². The highest BCUT2D eigenvalue weighted by atomic mass is 32.2. The number of aliphatic carboxylic acids is 1. The number of hydrogen-bond acceptors (Lipinski definition) is 5. The largest absolute Gasteiger partial charge is 0.497 e. The summed E-state index contributed by atoms with van der Waals surface area (Å²) in [7, 11) is -2.50. The maximum absolute atomic E-state index is 13.1. The number of aryl methyl sites for hydroxylation is 1. The minimum Gasteiger partial charge on any atom is -0.497 e. The van der Waals surface area contributed by atoms with Gasteiger partial charge in [0.15, 0.2) is 0 Å². The number of carbonyl (C=O) groups is 1. The molecular weight excluding hydrogens is 516 g/mol. The van der Waals surface area contributed by atoms with E-state index in [0.29, 0.717) is 12.3 Å². The van der Waals surface area contributed by atoms with Crippen LogP contribution in [0.1, 0.15) is 23.6 Å². The van der Waals surface area contributed by atoms with E-state index >= 15 is 0 Å². The lowest BCUT2D eigenvalue weighted by atomic mass is 10.0. The summed E-state index contributed by atoms with van der Waals surface area (Å²) in [6.45, 7) is 4.39. The molecule has 0 fully saturated rings. The molecule has 0 aliphatic carbocycles. The predicted molar refractivity (Wildman–Crippen MR) is 150 cm³/mol. The molecule has 1 unspecified atom stereocenters. The van der Waals surface area contributed by atoms with Crippen LogP contribution in [0.2, 0.25) is 0 Å². The van der Waals surface area contributed by atoms with Gasteiger partial charge in [-0.25, -0.2) is 8.42 Å². The van der Waals surface area contributed by atoms with Gasteiger partial charge in [0.25, 0.3) is 0 Å². The summed E-state index contributed by atoms with van der Waals surface area (Å²) in [5.41, 5.74) is 3.69. The van der Waals surface area contributed by atoms with E-state index in [1.165, 1.54) is 24.3 Å². The molecule has 0 amide bonds. The number of fused-ring (bicyclic) bond motifs is 1. The number of sulfonamides is 1. The molecule has 8 nitrogen and oxygen atoms in total. The first-order chi connectivity index (χ1) is 18.7. The van der Waals surface area contributed by atoms with E-state index < -0.39 is 22.0 Å². The molecule has 1 heterocycles. The lowest BCUT2D eigenvalue weighted by Crippen LogP contribution is -2.42. The van der Waals surface area contributed by atoms with Crippen LogP contribution < -0.4 is 14.2 Å². The van der Waals surface area contributed by atoms with Crippen molar-refractivity contribution in [3.8, 4) is 23.3 Å². The minimum absolute atomic E-state index is 0.0312. The molecule has 1 atom stereocenters. The quantitative estimate of drug-likeness (QED) is 0.271. The Morgan fingerprint density at radius 3 is 2.54 bits per heavy atom. The smallest absolute Gasteiger partial charge is 0.322 e. The van der Waals surface area contributed by atoms with Crippen LogP contribution in [0.15, 0.2) is 77.8 Å². The van der Waals surface area contributed by atoms with E-state index in [4.69, 9.17) is 9.47 Å². The molecule has 4 rings (SSSR count). The molecule has 2 N–H and O–H groups in total. The topological polar surface area (TPSA) is 107 Å². The number of aromatic nitrogens is 1. The molecule has 0 radical (unpaired) electrons. The first-order valence-corrected chi connectivity index (χ1v) is 13.8. The van der Waals surface area contributed by atoms with Crippen molar-refractivity contribution < 1.29 is 27.8 Å². The zero-order valence-corrected chi connectivity index (χ0v) is 22.8. The van der Waals surface area contributed by atoms with Crippen LogP contribution >= 0.6 is 0 Å². The number of nitrogens with one attached hydrogen (secondary N) is 1. The molecule has 0 bridgehead atoms. The third kappa shape index (κ3) is 6.79. The maximum atomic E-state index is 13.1. The lowest BCUT2D eigenvalue weighted by Gasteiger charge is -2.15. The maximum Gasteiger partial charge on any atom is 0.322 e. The predicted octanol–water partition coefficient (Wildman–Crippen LogP) is 4.38. The van der Waals surface area contributed by atoms with Gasteiger partial charge in [-0.1, -0.05) is 29.7 Å². The average Bonchev–Trinajstić information content (AvgIpc) is 3.24.